The second kappa shape index (κ2) is 6.76. The van der Waals surface area contributed by atoms with Gasteiger partial charge in [0.25, 0.3) is 0 Å². The third kappa shape index (κ3) is 4.60. The van der Waals surface area contributed by atoms with Crippen molar-refractivity contribution in [3.63, 3.8) is 0 Å². The third-order valence-electron chi connectivity index (χ3n) is 3.32. The van der Waals surface area contributed by atoms with Gasteiger partial charge >= 0.3 is 6.18 Å². The first-order valence-corrected chi connectivity index (χ1v) is 6.82. The zero-order valence-electron chi connectivity index (χ0n) is 11.8. The maximum atomic E-state index is 12.6. The summed E-state index contributed by atoms with van der Waals surface area (Å²) in [6.07, 6.45) is -0.659. The maximum Gasteiger partial charge on any atom is 0.416 e. The molecule has 0 fully saturated rings. The van der Waals surface area contributed by atoms with Crippen molar-refractivity contribution in [3.8, 4) is 0 Å². The number of hydrogen-bond acceptors (Lipinski definition) is 2. The van der Waals surface area contributed by atoms with Gasteiger partial charge in [0.05, 0.1) is 11.8 Å². The van der Waals surface area contributed by atoms with Crippen molar-refractivity contribution >= 4 is 0 Å². The molecule has 1 aromatic heterocycles. The fourth-order valence-corrected chi connectivity index (χ4v) is 2.12. The molecule has 2 N–H and O–H groups in total. The van der Waals surface area contributed by atoms with Crippen LogP contribution < -0.4 is 5.32 Å². The molecule has 0 aliphatic heterocycles. The molecule has 6 heteroatoms. The Morgan fingerprint density at radius 2 is 2.10 bits per heavy atom. The molecule has 114 valence electrons. The molecule has 0 aliphatic rings. The van der Waals surface area contributed by atoms with Gasteiger partial charge in [-0.3, -0.25) is 5.10 Å². The van der Waals surface area contributed by atoms with E-state index in [4.69, 9.17) is 0 Å². The maximum absolute atomic E-state index is 12.6. The number of nitrogens with zero attached hydrogens (tertiary/aromatic N) is 1. The largest absolute Gasteiger partial charge is 0.416 e. The Bertz CT molecular complexity index is 576. The van der Waals surface area contributed by atoms with Crippen LogP contribution in [0, 0.1) is 6.92 Å². The Balaban J connectivity index is 1.75. The number of alkyl halides is 3. The Morgan fingerprint density at radius 3 is 2.76 bits per heavy atom. The first kappa shape index (κ1) is 15.6. The van der Waals surface area contributed by atoms with Crippen LogP contribution in [0.5, 0.6) is 0 Å². The quantitative estimate of drug-likeness (QED) is 0.802. The lowest BCUT2D eigenvalue weighted by molar-refractivity contribution is -0.137. The van der Waals surface area contributed by atoms with Crippen LogP contribution in [0.1, 0.15) is 28.8 Å². The first-order valence-electron chi connectivity index (χ1n) is 6.82. The Labute approximate surface area is 121 Å². The molecular weight excluding hydrogens is 279 g/mol. The van der Waals surface area contributed by atoms with Gasteiger partial charge in [-0.25, -0.2) is 0 Å². The summed E-state index contributed by atoms with van der Waals surface area (Å²) in [5.41, 5.74) is 2.28. The van der Waals surface area contributed by atoms with Crippen molar-refractivity contribution < 1.29 is 13.2 Å². The first-order chi connectivity index (χ1) is 9.97. The number of aromatic nitrogens is 2. The van der Waals surface area contributed by atoms with Crippen LogP contribution in [0.4, 0.5) is 13.2 Å². The molecule has 0 atom stereocenters. The van der Waals surface area contributed by atoms with E-state index in [1.807, 2.05) is 13.1 Å². The minimum Gasteiger partial charge on any atom is -0.313 e. The monoisotopic (exact) mass is 297 g/mol. The number of hydrogen-bond donors (Lipinski definition) is 2. The summed E-state index contributed by atoms with van der Waals surface area (Å²) in [7, 11) is 0. The standard InChI is InChI=1S/C15H18F3N3/c1-11-13(10-20-21-11)5-3-7-19-9-12-4-2-6-14(8-12)15(16,17)18/h2,4,6,8,10,19H,3,5,7,9H2,1H3,(H,20,21). The molecule has 1 heterocycles. The van der Waals surface area contributed by atoms with E-state index in [9.17, 15) is 13.2 Å². The Morgan fingerprint density at radius 1 is 1.29 bits per heavy atom. The number of benzene rings is 1. The van der Waals surface area contributed by atoms with E-state index in [0.717, 1.165) is 31.1 Å². The highest BCUT2D eigenvalue weighted by Gasteiger charge is 2.30. The van der Waals surface area contributed by atoms with Crippen molar-refractivity contribution in [1.29, 1.82) is 0 Å². The molecule has 0 unspecified atom stereocenters. The SMILES string of the molecule is Cc1[nH]ncc1CCCNCc1cccc(C(F)(F)F)c1. The predicted molar refractivity (Wildman–Crippen MR) is 74.8 cm³/mol. The van der Waals surface area contributed by atoms with Gasteiger partial charge in [-0.2, -0.15) is 18.3 Å². The van der Waals surface area contributed by atoms with E-state index < -0.39 is 11.7 Å². The van der Waals surface area contributed by atoms with Crippen LogP contribution in [0.2, 0.25) is 0 Å². The van der Waals surface area contributed by atoms with Crippen LogP contribution in [0.3, 0.4) is 0 Å². The number of nitrogens with one attached hydrogen (secondary N) is 2. The second-order valence-electron chi connectivity index (χ2n) is 5.00. The molecule has 0 saturated carbocycles. The lowest BCUT2D eigenvalue weighted by atomic mass is 10.1. The molecule has 21 heavy (non-hydrogen) atoms. The molecule has 1 aromatic carbocycles. The summed E-state index contributed by atoms with van der Waals surface area (Å²) in [5, 5.41) is 9.99. The zero-order chi connectivity index (χ0) is 15.3. The van der Waals surface area contributed by atoms with Gasteiger partial charge < -0.3 is 5.32 Å². The molecule has 0 aliphatic carbocycles. The highest BCUT2D eigenvalue weighted by molar-refractivity contribution is 5.25. The summed E-state index contributed by atoms with van der Waals surface area (Å²) >= 11 is 0. The summed E-state index contributed by atoms with van der Waals surface area (Å²) in [6, 6.07) is 5.41. The minimum atomic E-state index is -4.28. The van der Waals surface area contributed by atoms with Gasteiger partial charge in [0.15, 0.2) is 0 Å². The summed E-state index contributed by atoms with van der Waals surface area (Å²) < 4.78 is 37.7. The minimum absolute atomic E-state index is 0.439. The van der Waals surface area contributed by atoms with Gasteiger partial charge in [-0.15, -0.1) is 0 Å². The van der Waals surface area contributed by atoms with Crippen molar-refractivity contribution in [2.45, 2.75) is 32.5 Å². The Hall–Kier alpha value is -1.82. The summed E-state index contributed by atoms with van der Waals surface area (Å²) in [4.78, 5) is 0. The topological polar surface area (TPSA) is 40.7 Å². The van der Waals surface area contributed by atoms with Crippen LogP contribution in [-0.4, -0.2) is 16.7 Å². The molecule has 0 saturated heterocycles. The average molecular weight is 297 g/mol. The van der Waals surface area contributed by atoms with E-state index in [1.54, 1.807) is 6.07 Å². The molecule has 0 bridgehead atoms. The van der Waals surface area contributed by atoms with Crippen LogP contribution in [0.25, 0.3) is 0 Å². The number of halogens is 3. The number of aryl methyl sites for hydroxylation is 2. The lowest BCUT2D eigenvalue weighted by Gasteiger charge is -2.09. The Kier molecular flexibility index (Phi) is 5.01. The fourth-order valence-electron chi connectivity index (χ4n) is 2.12. The smallest absolute Gasteiger partial charge is 0.313 e. The van der Waals surface area contributed by atoms with Gasteiger partial charge in [-0.05, 0) is 43.5 Å². The normalized spacial score (nSPS) is 11.8. The van der Waals surface area contributed by atoms with Crippen molar-refractivity contribution in [1.82, 2.24) is 15.5 Å². The van der Waals surface area contributed by atoms with Gasteiger partial charge in [0.1, 0.15) is 0 Å². The van der Waals surface area contributed by atoms with Gasteiger partial charge in [0, 0.05) is 12.2 Å². The predicted octanol–water partition coefficient (Wildman–Crippen LogP) is 3.46. The van der Waals surface area contributed by atoms with E-state index in [2.05, 4.69) is 15.5 Å². The molecule has 2 aromatic rings. The third-order valence-corrected chi connectivity index (χ3v) is 3.32. The number of H-pyrrole nitrogens is 1. The number of rotatable bonds is 6. The van der Waals surface area contributed by atoms with E-state index >= 15 is 0 Å². The fraction of sp³-hybridized carbons (Fsp3) is 0.400. The van der Waals surface area contributed by atoms with E-state index in [-0.39, 0.29) is 0 Å². The van der Waals surface area contributed by atoms with Gasteiger partial charge in [-0.1, -0.05) is 18.2 Å². The second-order valence-corrected chi connectivity index (χ2v) is 5.00. The zero-order valence-corrected chi connectivity index (χ0v) is 11.8. The van der Waals surface area contributed by atoms with E-state index in [0.29, 0.717) is 12.1 Å². The van der Waals surface area contributed by atoms with Crippen molar-refractivity contribution in [2.24, 2.45) is 0 Å². The summed E-state index contributed by atoms with van der Waals surface area (Å²) in [6.45, 7) is 3.16. The summed E-state index contributed by atoms with van der Waals surface area (Å²) in [5.74, 6) is 0. The van der Waals surface area contributed by atoms with Crippen LogP contribution in [-0.2, 0) is 19.1 Å². The molecule has 2 rings (SSSR count). The molecule has 0 spiro atoms. The molecule has 0 radical (unpaired) electrons. The van der Waals surface area contributed by atoms with Crippen molar-refractivity contribution in [3.05, 3.63) is 52.8 Å². The highest BCUT2D eigenvalue weighted by Crippen LogP contribution is 2.29. The van der Waals surface area contributed by atoms with Crippen molar-refractivity contribution in [2.75, 3.05) is 6.54 Å². The molecular formula is C15H18F3N3. The van der Waals surface area contributed by atoms with E-state index in [1.165, 1.54) is 17.7 Å². The lowest BCUT2D eigenvalue weighted by Crippen LogP contribution is -2.16. The molecule has 0 amide bonds. The number of aromatic amines is 1. The highest BCUT2D eigenvalue weighted by atomic mass is 19.4. The average Bonchev–Trinajstić information content (AvgIpc) is 2.83. The van der Waals surface area contributed by atoms with Crippen LogP contribution in [0.15, 0.2) is 30.5 Å². The molecule has 3 nitrogen and oxygen atoms in total. The van der Waals surface area contributed by atoms with Gasteiger partial charge in [0.2, 0.25) is 0 Å². The van der Waals surface area contributed by atoms with Crippen LogP contribution >= 0.6 is 0 Å².